The number of halogens is 1. The molecule has 0 radical (unpaired) electrons. The normalized spacial score (nSPS) is 11.4. The van der Waals surface area contributed by atoms with Crippen LogP contribution in [0.4, 0.5) is 4.79 Å². The predicted molar refractivity (Wildman–Crippen MR) is 75.7 cm³/mol. The minimum absolute atomic E-state index is 0.0626. The molecule has 1 atom stereocenters. The Morgan fingerprint density at radius 1 is 1.38 bits per heavy atom. The highest BCUT2D eigenvalue weighted by atomic mass is 35.5. The molecule has 0 heterocycles. The molecule has 1 aromatic carbocycles. The third kappa shape index (κ3) is 4.64. The van der Waals surface area contributed by atoms with Crippen LogP contribution in [0.3, 0.4) is 0 Å². The molecule has 0 spiro atoms. The number of carbonyl (C=O) groups is 3. The summed E-state index contributed by atoms with van der Waals surface area (Å²) < 4.78 is 5.27. The molecule has 0 saturated heterocycles. The van der Waals surface area contributed by atoms with Gasteiger partial charge < -0.3 is 15.2 Å². The van der Waals surface area contributed by atoms with Gasteiger partial charge in [-0.25, -0.2) is 9.59 Å². The number of nitrogens with one attached hydrogen (secondary N) is 2. The zero-order valence-electron chi connectivity index (χ0n) is 11.5. The first-order chi connectivity index (χ1) is 9.86. The van der Waals surface area contributed by atoms with Gasteiger partial charge in [-0.15, -0.1) is 0 Å². The number of ether oxygens (including phenoxy) is 1. The molecule has 8 heteroatoms. The van der Waals surface area contributed by atoms with Crippen LogP contribution in [0.15, 0.2) is 18.2 Å². The molecular weight excluding hydrogens is 300 g/mol. The monoisotopic (exact) mass is 314 g/mol. The van der Waals surface area contributed by atoms with E-state index in [1.807, 2.05) is 0 Å². The van der Waals surface area contributed by atoms with E-state index in [2.05, 4.69) is 10.6 Å². The Hall–Kier alpha value is -2.28. The van der Waals surface area contributed by atoms with Gasteiger partial charge in [-0.1, -0.05) is 17.7 Å². The Labute approximate surface area is 126 Å². The number of benzene rings is 1. The van der Waals surface area contributed by atoms with Crippen LogP contribution in [0.2, 0.25) is 5.02 Å². The van der Waals surface area contributed by atoms with Gasteiger partial charge in [0, 0.05) is 6.54 Å². The van der Waals surface area contributed by atoms with Crippen molar-refractivity contribution in [2.75, 3.05) is 6.54 Å². The second-order valence-corrected chi connectivity index (χ2v) is 4.44. The van der Waals surface area contributed by atoms with E-state index >= 15 is 0 Å². The van der Waals surface area contributed by atoms with Gasteiger partial charge in [0.25, 0.3) is 5.91 Å². The summed E-state index contributed by atoms with van der Waals surface area (Å²) in [5.74, 6) is -2.06. The van der Waals surface area contributed by atoms with Crippen LogP contribution in [0.1, 0.15) is 24.2 Å². The van der Waals surface area contributed by atoms with E-state index < -0.39 is 24.0 Å². The maximum atomic E-state index is 11.7. The number of aromatic carboxylic acids is 1. The minimum atomic E-state index is -1.23. The lowest BCUT2D eigenvalue weighted by Gasteiger charge is -2.16. The van der Waals surface area contributed by atoms with E-state index in [4.69, 9.17) is 21.4 Å². The highest BCUT2D eigenvalue weighted by Crippen LogP contribution is 2.29. The molecule has 7 nitrogen and oxygen atoms in total. The quantitative estimate of drug-likeness (QED) is 0.766. The van der Waals surface area contributed by atoms with Crippen molar-refractivity contribution in [1.29, 1.82) is 0 Å². The highest BCUT2D eigenvalue weighted by Gasteiger charge is 2.22. The second kappa shape index (κ2) is 7.49. The number of amides is 3. The number of urea groups is 1. The lowest BCUT2D eigenvalue weighted by Crippen LogP contribution is -2.45. The Kier molecular flexibility index (Phi) is 5.98. The van der Waals surface area contributed by atoms with Crippen molar-refractivity contribution in [1.82, 2.24) is 10.6 Å². The number of carboxylic acids is 1. The fourth-order valence-corrected chi connectivity index (χ4v) is 1.66. The number of rotatable bonds is 5. The summed E-state index contributed by atoms with van der Waals surface area (Å²) in [6.07, 6.45) is -1.09. The lowest BCUT2D eigenvalue weighted by atomic mass is 10.2. The van der Waals surface area contributed by atoms with Crippen LogP contribution in [0.25, 0.3) is 0 Å². The molecule has 1 unspecified atom stereocenters. The van der Waals surface area contributed by atoms with E-state index in [1.165, 1.54) is 25.1 Å². The van der Waals surface area contributed by atoms with Crippen molar-refractivity contribution in [2.24, 2.45) is 0 Å². The molecule has 114 valence electrons. The van der Waals surface area contributed by atoms with Crippen LogP contribution in [0, 0.1) is 0 Å². The molecule has 0 aliphatic rings. The van der Waals surface area contributed by atoms with E-state index in [9.17, 15) is 14.4 Å². The van der Waals surface area contributed by atoms with Crippen LogP contribution in [0.5, 0.6) is 5.75 Å². The molecule has 0 bridgehead atoms. The topological polar surface area (TPSA) is 105 Å². The maximum absolute atomic E-state index is 11.7. The van der Waals surface area contributed by atoms with Crippen LogP contribution < -0.4 is 15.4 Å². The fraction of sp³-hybridized carbons (Fsp3) is 0.308. The Morgan fingerprint density at radius 3 is 2.62 bits per heavy atom. The molecule has 0 aromatic heterocycles. The van der Waals surface area contributed by atoms with Gasteiger partial charge >= 0.3 is 12.0 Å². The summed E-state index contributed by atoms with van der Waals surface area (Å²) in [5, 5.41) is 13.6. The summed E-state index contributed by atoms with van der Waals surface area (Å²) >= 11 is 5.88. The van der Waals surface area contributed by atoms with Crippen LogP contribution in [-0.4, -0.2) is 35.7 Å². The number of carbonyl (C=O) groups excluding carboxylic acids is 2. The van der Waals surface area contributed by atoms with Gasteiger partial charge in [-0.3, -0.25) is 10.1 Å². The Balaban J connectivity index is 2.84. The standard InChI is InChI=1S/C13H15ClN2O5/c1-3-15-13(20)16-11(17)7(2)21-10-8(12(18)19)5-4-6-9(10)14/h4-7H,3H2,1-2H3,(H,18,19)(H2,15,16,17,20). The number of hydrogen-bond acceptors (Lipinski definition) is 4. The smallest absolute Gasteiger partial charge is 0.339 e. The van der Waals surface area contributed by atoms with Gasteiger partial charge in [-0.2, -0.15) is 0 Å². The van der Waals surface area contributed by atoms with Crippen LogP contribution in [-0.2, 0) is 4.79 Å². The van der Waals surface area contributed by atoms with Crippen molar-refractivity contribution in [3.63, 3.8) is 0 Å². The summed E-state index contributed by atoms with van der Waals surface area (Å²) in [5.41, 5.74) is -0.167. The molecule has 0 saturated carbocycles. The molecule has 1 rings (SSSR count). The van der Waals surface area contributed by atoms with E-state index in [-0.39, 0.29) is 16.3 Å². The molecule has 0 aliphatic carbocycles. The zero-order valence-corrected chi connectivity index (χ0v) is 12.2. The molecule has 3 N–H and O–H groups in total. The molecule has 0 fully saturated rings. The van der Waals surface area contributed by atoms with Gasteiger partial charge in [0.05, 0.1) is 5.02 Å². The van der Waals surface area contributed by atoms with Gasteiger partial charge in [0.15, 0.2) is 11.9 Å². The largest absolute Gasteiger partial charge is 0.478 e. The van der Waals surface area contributed by atoms with Crippen molar-refractivity contribution in [2.45, 2.75) is 20.0 Å². The maximum Gasteiger partial charge on any atom is 0.339 e. The summed E-state index contributed by atoms with van der Waals surface area (Å²) in [6.45, 7) is 3.44. The van der Waals surface area contributed by atoms with Gasteiger partial charge in [-0.05, 0) is 26.0 Å². The van der Waals surface area contributed by atoms with Crippen LogP contribution >= 0.6 is 11.6 Å². The average molecular weight is 315 g/mol. The van der Waals surface area contributed by atoms with Crippen molar-refractivity contribution >= 4 is 29.5 Å². The van der Waals surface area contributed by atoms with Crippen molar-refractivity contribution in [3.8, 4) is 5.75 Å². The fourth-order valence-electron chi connectivity index (χ4n) is 1.45. The van der Waals surface area contributed by atoms with Crippen molar-refractivity contribution < 1.29 is 24.2 Å². The SMILES string of the molecule is CCNC(=O)NC(=O)C(C)Oc1c(Cl)cccc1C(=O)O. The summed E-state index contributed by atoms with van der Waals surface area (Å²) in [6, 6.07) is 3.55. The van der Waals surface area contributed by atoms with Gasteiger partial charge in [0.1, 0.15) is 5.56 Å². The first kappa shape index (κ1) is 16.8. The molecular formula is C13H15ClN2O5. The number of hydrogen-bond donors (Lipinski definition) is 3. The molecule has 21 heavy (non-hydrogen) atoms. The molecule has 0 aliphatic heterocycles. The number of imide groups is 1. The van der Waals surface area contributed by atoms with Crippen molar-refractivity contribution in [3.05, 3.63) is 28.8 Å². The summed E-state index contributed by atoms with van der Waals surface area (Å²) in [4.78, 5) is 34.1. The van der Waals surface area contributed by atoms with E-state index in [0.29, 0.717) is 6.54 Å². The first-order valence-electron chi connectivity index (χ1n) is 6.14. The third-order valence-electron chi connectivity index (χ3n) is 2.44. The Bertz CT molecular complexity index is 561. The summed E-state index contributed by atoms with van der Waals surface area (Å²) in [7, 11) is 0. The Morgan fingerprint density at radius 2 is 2.05 bits per heavy atom. The highest BCUT2D eigenvalue weighted by molar-refractivity contribution is 6.32. The predicted octanol–water partition coefficient (Wildman–Crippen LogP) is 1.65. The lowest BCUT2D eigenvalue weighted by molar-refractivity contribution is -0.126. The minimum Gasteiger partial charge on any atom is -0.478 e. The number of carboxylic acid groups (broad SMARTS) is 1. The molecule has 1 aromatic rings. The zero-order chi connectivity index (χ0) is 16.0. The second-order valence-electron chi connectivity index (χ2n) is 4.03. The first-order valence-corrected chi connectivity index (χ1v) is 6.51. The third-order valence-corrected chi connectivity index (χ3v) is 2.73. The van der Waals surface area contributed by atoms with Gasteiger partial charge in [0.2, 0.25) is 0 Å². The average Bonchev–Trinajstić information content (AvgIpc) is 2.40. The number of para-hydroxylation sites is 1. The molecule has 3 amide bonds. The van der Waals surface area contributed by atoms with E-state index in [0.717, 1.165) is 0 Å². The van der Waals surface area contributed by atoms with E-state index in [1.54, 1.807) is 6.92 Å².